The predicted molar refractivity (Wildman–Crippen MR) is 48.2 cm³/mol. The number of aliphatic hydroxyl groups is 1. The van der Waals surface area contributed by atoms with Crippen molar-refractivity contribution >= 4 is 10.0 Å². The van der Waals surface area contributed by atoms with E-state index >= 15 is 0 Å². The second-order valence-corrected chi connectivity index (χ2v) is 4.74. The minimum atomic E-state index is -3.51. The third-order valence-electron chi connectivity index (χ3n) is 1.76. The van der Waals surface area contributed by atoms with E-state index in [1.807, 2.05) is 0 Å². The molecule has 5 nitrogen and oxygen atoms in total. The predicted octanol–water partition coefficient (Wildman–Crippen LogP) is -0.554. The van der Waals surface area contributed by atoms with Crippen molar-refractivity contribution in [1.29, 1.82) is 5.26 Å². The molecule has 6 heteroatoms. The van der Waals surface area contributed by atoms with Crippen LogP contribution in [0.15, 0.2) is 0 Å². The van der Waals surface area contributed by atoms with Gasteiger partial charge in [0.1, 0.15) is 0 Å². The Bertz CT molecular complexity index is 281. The van der Waals surface area contributed by atoms with Crippen molar-refractivity contribution in [2.24, 2.45) is 5.92 Å². The van der Waals surface area contributed by atoms with Crippen LogP contribution in [0.1, 0.15) is 13.8 Å². The molecule has 0 aliphatic rings. The van der Waals surface area contributed by atoms with Gasteiger partial charge in [0.2, 0.25) is 10.0 Å². The number of hydrogen-bond acceptors (Lipinski definition) is 4. The fraction of sp³-hybridized carbons (Fsp3) is 0.857. The van der Waals surface area contributed by atoms with Gasteiger partial charge in [-0.2, -0.15) is 5.26 Å². The van der Waals surface area contributed by atoms with Gasteiger partial charge in [0.25, 0.3) is 0 Å². The molecule has 13 heavy (non-hydrogen) atoms. The number of nitriles is 1. The minimum absolute atomic E-state index is 0.0871. The highest BCUT2D eigenvalue weighted by Gasteiger charge is 2.18. The van der Waals surface area contributed by atoms with E-state index in [2.05, 4.69) is 4.72 Å². The molecule has 0 aliphatic heterocycles. The van der Waals surface area contributed by atoms with Crippen molar-refractivity contribution in [3.63, 3.8) is 0 Å². The number of hydrogen-bond donors (Lipinski definition) is 2. The molecule has 0 amide bonds. The maximum atomic E-state index is 11.0. The molecule has 0 fully saturated rings. The topological polar surface area (TPSA) is 90.2 Å². The molecule has 0 bridgehead atoms. The van der Waals surface area contributed by atoms with E-state index in [-0.39, 0.29) is 18.6 Å². The number of nitrogens with zero attached hydrogens (tertiary/aromatic N) is 1. The molecule has 0 rings (SSSR count). The zero-order chi connectivity index (χ0) is 10.5. The molecular formula is C7H14N2O3S. The van der Waals surface area contributed by atoms with E-state index < -0.39 is 15.8 Å². The van der Waals surface area contributed by atoms with Crippen LogP contribution in [-0.4, -0.2) is 31.9 Å². The maximum Gasteiger partial charge on any atom is 0.225 e. The Morgan fingerprint density at radius 3 is 2.46 bits per heavy atom. The summed E-state index contributed by atoms with van der Waals surface area (Å²) >= 11 is 0. The summed E-state index contributed by atoms with van der Waals surface area (Å²) < 4.78 is 24.4. The molecule has 0 aromatic rings. The second-order valence-electron chi connectivity index (χ2n) is 2.98. The van der Waals surface area contributed by atoms with E-state index in [0.29, 0.717) is 0 Å². The van der Waals surface area contributed by atoms with Crippen molar-refractivity contribution in [3.05, 3.63) is 0 Å². The number of rotatable bonds is 5. The third kappa shape index (κ3) is 4.83. The van der Waals surface area contributed by atoms with Crippen molar-refractivity contribution < 1.29 is 13.5 Å². The Morgan fingerprint density at radius 1 is 1.54 bits per heavy atom. The van der Waals surface area contributed by atoms with Crippen LogP contribution in [0, 0.1) is 17.2 Å². The lowest BCUT2D eigenvalue weighted by atomic mass is 10.1. The average Bonchev–Trinajstić information content (AvgIpc) is 2.01. The Labute approximate surface area is 78.4 Å². The maximum absolute atomic E-state index is 11.0. The SMILES string of the molecule is CC(CO)C(C)NS(=O)(=O)CC#N. The summed E-state index contributed by atoms with van der Waals surface area (Å²) in [5.41, 5.74) is 0. The molecule has 0 aliphatic carbocycles. The van der Waals surface area contributed by atoms with Gasteiger partial charge < -0.3 is 5.11 Å². The van der Waals surface area contributed by atoms with Gasteiger partial charge in [-0.1, -0.05) is 6.92 Å². The standard InChI is InChI=1S/C7H14N2O3S/c1-6(5-10)7(2)9-13(11,12)4-3-8/h6-7,9-10H,4-5H2,1-2H3. The molecule has 0 aromatic carbocycles. The Hall–Kier alpha value is -0.640. The van der Waals surface area contributed by atoms with Crippen LogP contribution in [0.25, 0.3) is 0 Å². The lowest BCUT2D eigenvalue weighted by Gasteiger charge is -2.17. The molecular weight excluding hydrogens is 192 g/mol. The van der Waals surface area contributed by atoms with Crippen LogP contribution in [0.2, 0.25) is 0 Å². The van der Waals surface area contributed by atoms with Gasteiger partial charge in [-0.05, 0) is 12.8 Å². The van der Waals surface area contributed by atoms with Gasteiger partial charge in [0.15, 0.2) is 5.75 Å². The van der Waals surface area contributed by atoms with Crippen LogP contribution in [0.4, 0.5) is 0 Å². The smallest absolute Gasteiger partial charge is 0.225 e. The Morgan fingerprint density at radius 2 is 2.08 bits per heavy atom. The van der Waals surface area contributed by atoms with Gasteiger partial charge >= 0.3 is 0 Å². The summed E-state index contributed by atoms with van der Waals surface area (Å²) in [6.07, 6.45) is 0. The summed E-state index contributed by atoms with van der Waals surface area (Å²) in [5, 5.41) is 16.9. The first-order chi connectivity index (χ1) is 5.93. The number of nitrogens with one attached hydrogen (secondary N) is 1. The molecule has 0 saturated heterocycles. The number of sulfonamides is 1. The van der Waals surface area contributed by atoms with Crippen LogP contribution >= 0.6 is 0 Å². The first-order valence-electron chi connectivity index (χ1n) is 3.90. The molecule has 76 valence electrons. The van der Waals surface area contributed by atoms with Crippen LogP contribution in [0.5, 0.6) is 0 Å². The molecule has 0 heterocycles. The third-order valence-corrected chi connectivity index (χ3v) is 3.00. The first-order valence-corrected chi connectivity index (χ1v) is 5.56. The highest BCUT2D eigenvalue weighted by Crippen LogP contribution is 2.02. The van der Waals surface area contributed by atoms with Crippen molar-refractivity contribution in [2.75, 3.05) is 12.4 Å². The largest absolute Gasteiger partial charge is 0.396 e. The van der Waals surface area contributed by atoms with Crippen LogP contribution < -0.4 is 4.72 Å². The first kappa shape index (κ1) is 12.4. The fourth-order valence-electron chi connectivity index (χ4n) is 0.684. The molecule has 2 atom stereocenters. The summed E-state index contributed by atoms with van der Waals surface area (Å²) in [6, 6.07) is 1.20. The number of aliphatic hydroxyl groups excluding tert-OH is 1. The summed E-state index contributed by atoms with van der Waals surface area (Å²) in [5.74, 6) is -0.705. The quantitative estimate of drug-likeness (QED) is 0.631. The van der Waals surface area contributed by atoms with Crippen molar-refractivity contribution in [3.8, 4) is 6.07 Å². The van der Waals surface area contributed by atoms with E-state index in [1.54, 1.807) is 19.9 Å². The van der Waals surface area contributed by atoms with Crippen LogP contribution in [-0.2, 0) is 10.0 Å². The lowest BCUT2D eigenvalue weighted by molar-refractivity contribution is 0.216. The average molecular weight is 206 g/mol. The highest BCUT2D eigenvalue weighted by atomic mass is 32.2. The van der Waals surface area contributed by atoms with E-state index in [1.165, 1.54) is 0 Å². The van der Waals surface area contributed by atoms with Crippen molar-refractivity contribution in [1.82, 2.24) is 4.72 Å². The van der Waals surface area contributed by atoms with Gasteiger partial charge in [-0.25, -0.2) is 13.1 Å². The summed E-state index contributed by atoms with van der Waals surface area (Å²) in [6.45, 7) is 3.28. The van der Waals surface area contributed by atoms with Gasteiger partial charge in [0.05, 0.1) is 6.07 Å². The highest BCUT2D eigenvalue weighted by molar-refractivity contribution is 7.89. The van der Waals surface area contributed by atoms with Gasteiger partial charge in [-0.15, -0.1) is 0 Å². The zero-order valence-electron chi connectivity index (χ0n) is 7.69. The fourth-order valence-corrected chi connectivity index (χ4v) is 1.74. The Balaban J connectivity index is 4.21. The molecule has 0 radical (unpaired) electrons. The molecule has 0 aromatic heterocycles. The molecule has 2 unspecified atom stereocenters. The molecule has 0 spiro atoms. The molecule has 0 saturated carbocycles. The summed E-state index contributed by atoms with van der Waals surface area (Å²) in [7, 11) is -3.51. The zero-order valence-corrected chi connectivity index (χ0v) is 8.50. The van der Waals surface area contributed by atoms with Gasteiger partial charge in [-0.3, -0.25) is 0 Å². The summed E-state index contributed by atoms with van der Waals surface area (Å²) in [4.78, 5) is 0. The minimum Gasteiger partial charge on any atom is -0.396 e. The monoisotopic (exact) mass is 206 g/mol. The lowest BCUT2D eigenvalue weighted by Crippen LogP contribution is -2.39. The van der Waals surface area contributed by atoms with Crippen molar-refractivity contribution in [2.45, 2.75) is 19.9 Å². The molecule has 2 N–H and O–H groups in total. The van der Waals surface area contributed by atoms with Crippen LogP contribution in [0.3, 0.4) is 0 Å². The normalized spacial score (nSPS) is 16.2. The second kappa shape index (κ2) is 5.17. The van der Waals surface area contributed by atoms with Gasteiger partial charge in [0, 0.05) is 12.6 Å². The van der Waals surface area contributed by atoms with E-state index in [9.17, 15) is 8.42 Å². The van der Waals surface area contributed by atoms with E-state index in [0.717, 1.165) is 0 Å². The van der Waals surface area contributed by atoms with E-state index in [4.69, 9.17) is 10.4 Å². The Kier molecular flexibility index (Phi) is 4.91.